The molecule has 6 heteroatoms. The summed E-state index contributed by atoms with van der Waals surface area (Å²) in [5.41, 5.74) is 0.618. The van der Waals surface area contributed by atoms with Crippen molar-refractivity contribution in [3.8, 4) is 0 Å². The van der Waals surface area contributed by atoms with Crippen LogP contribution in [0.1, 0.15) is 15.9 Å². The van der Waals surface area contributed by atoms with Gasteiger partial charge in [-0.25, -0.2) is 14.2 Å². The van der Waals surface area contributed by atoms with Crippen molar-refractivity contribution < 1.29 is 14.3 Å². The molecule has 0 spiro atoms. The van der Waals surface area contributed by atoms with E-state index in [1.54, 1.807) is 18.2 Å². The van der Waals surface area contributed by atoms with Crippen LogP contribution in [-0.4, -0.2) is 22.6 Å². The van der Waals surface area contributed by atoms with Crippen LogP contribution in [0.4, 0.5) is 10.2 Å². The summed E-state index contributed by atoms with van der Waals surface area (Å²) in [4.78, 5) is 14.7. The number of aromatic carboxylic acids is 1. The summed E-state index contributed by atoms with van der Waals surface area (Å²) in [6, 6.07) is 7.84. The number of anilines is 1. The Balaban J connectivity index is 1.98. The SMILES string of the molecule is O=C(O)c1cnc(NCCc2ccccc2F)c(Cl)c1. The maximum absolute atomic E-state index is 13.4. The fraction of sp³-hybridized carbons (Fsp3) is 0.143. The van der Waals surface area contributed by atoms with Crippen molar-refractivity contribution in [2.75, 3.05) is 11.9 Å². The summed E-state index contributed by atoms with van der Waals surface area (Å²) in [6.45, 7) is 0.445. The largest absolute Gasteiger partial charge is 0.478 e. The van der Waals surface area contributed by atoms with Gasteiger partial charge < -0.3 is 10.4 Å². The first-order valence-corrected chi connectivity index (χ1v) is 6.32. The lowest BCUT2D eigenvalue weighted by Gasteiger charge is -2.08. The van der Waals surface area contributed by atoms with Crippen molar-refractivity contribution >= 4 is 23.4 Å². The van der Waals surface area contributed by atoms with E-state index >= 15 is 0 Å². The number of nitrogens with one attached hydrogen (secondary N) is 1. The number of carboxylic acids is 1. The van der Waals surface area contributed by atoms with Gasteiger partial charge in [-0.1, -0.05) is 29.8 Å². The molecule has 0 saturated carbocycles. The molecule has 20 heavy (non-hydrogen) atoms. The molecular weight excluding hydrogens is 283 g/mol. The monoisotopic (exact) mass is 294 g/mol. The first-order chi connectivity index (χ1) is 9.58. The smallest absolute Gasteiger partial charge is 0.337 e. The van der Waals surface area contributed by atoms with E-state index in [0.29, 0.717) is 24.3 Å². The zero-order valence-electron chi connectivity index (χ0n) is 10.4. The molecule has 1 aromatic carbocycles. The highest BCUT2D eigenvalue weighted by atomic mass is 35.5. The number of hydrogen-bond acceptors (Lipinski definition) is 3. The van der Waals surface area contributed by atoms with Crippen LogP contribution in [0.3, 0.4) is 0 Å². The molecule has 1 aromatic heterocycles. The number of benzene rings is 1. The third-order valence-electron chi connectivity index (χ3n) is 2.73. The van der Waals surface area contributed by atoms with Crippen LogP contribution >= 0.6 is 11.6 Å². The van der Waals surface area contributed by atoms with Crippen LogP contribution in [0.5, 0.6) is 0 Å². The molecule has 0 aliphatic carbocycles. The highest BCUT2D eigenvalue weighted by molar-refractivity contribution is 6.33. The Hall–Kier alpha value is -2.14. The van der Waals surface area contributed by atoms with Gasteiger partial charge in [0.15, 0.2) is 0 Å². The molecule has 0 aliphatic rings. The number of carbonyl (C=O) groups is 1. The second-order valence-electron chi connectivity index (χ2n) is 4.13. The topological polar surface area (TPSA) is 62.2 Å². The Morgan fingerprint density at radius 2 is 2.15 bits per heavy atom. The van der Waals surface area contributed by atoms with Gasteiger partial charge >= 0.3 is 5.97 Å². The van der Waals surface area contributed by atoms with Gasteiger partial charge in [0.05, 0.1) is 10.6 Å². The van der Waals surface area contributed by atoms with Crippen LogP contribution in [0.15, 0.2) is 36.5 Å². The van der Waals surface area contributed by atoms with Gasteiger partial charge in [0.1, 0.15) is 11.6 Å². The summed E-state index contributed by atoms with van der Waals surface area (Å²) >= 11 is 5.92. The summed E-state index contributed by atoms with van der Waals surface area (Å²) in [5, 5.41) is 12.0. The number of nitrogens with zero attached hydrogens (tertiary/aromatic N) is 1. The van der Waals surface area contributed by atoms with Crippen LogP contribution < -0.4 is 5.32 Å². The van der Waals surface area contributed by atoms with Crippen molar-refractivity contribution in [3.05, 3.63) is 58.5 Å². The van der Waals surface area contributed by atoms with E-state index < -0.39 is 5.97 Å². The summed E-state index contributed by atoms with van der Waals surface area (Å²) in [7, 11) is 0. The molecule has 0 radical (unpaired) electrons. The number of carboxylic acid groups (broad SMARTS) is 1. The molecule has 2 rings (SSSR count). The first-order valence-electron chi connectivity index (χ1n) is 5.94. The molecule has 0 amide bonds. The number of aromatic nitrogens is 1. The fourth-order valence-electron chi connectivity index (χ4n) is 1.70. The minimum atomic E-state index is -1.09. The van der Waals surface area contributed by atoms with Crippen molar-refractivity contribution in [2.24, 2.45) is 0 Å². The molecule has 0 atom stereocenters. The summed E-state index contributed by atoms with van der Waals surface area (Å²) in [5.74, 6) is -0.958. The second kappa shape index (κ2) is 6.34. The van der Waals surface area contributed by atoms with Gasteiger partial charge in [0, 0.05) is 12.7 Å². The zero-order chi connectivity index (χ0) is 14.5. The van der Waals surface area contributed by atoms with Crippen LogP contribution in [0.25, 0.3) is 0 Å². The average Bonchev–Trinajstić information content (AvgIpc) is 2.42. The molecule has 0 saturated heterocycles. The first kappa shape index (κ1) is 14.3. The van der Waals surface area contributed by atoms with Crippen LogP contribution in [-0.2, 0) is 6.42 Å². The molecule has 0 fully saturated rings. The summed E-state index contributed by atoms with van der Waals surface area (Å²) in [6.07, 6.45) is 1.70. The zero-order valence-corrected chi connectivity index (χ0v) is 11.2. The Kier molecular flexibility index (Phi) is 4.53. The summed E-state index contributed by atoms with van der Waals surface area (Å²) < 4.78 is 13.4. The van der Waals surface area contributed by atoms with Crippen LogP contribution in [0.2, 0.25) is 5.02 Å². The molecule has 0 unspecified atom stereocenters. The fourth-order valence-corrected chi connectivity index (χ4v) is 1.93. The van der Waals surface area contributed by atoms with Gasteiger partial charge in [-0.3, -0.25) is 0 Å². The second-order valence-corrected chi connectivity index (χ2v) is 4.53. The molecule has 2 N–H and O–H groups in total. The number of hydrogen-bond donors (Lipinski definition) is 2. The van der Waals surface area contributed by atoms with Crippen molar-refractivity contribution in [3.63, 3.8) is 0 Å². The van der Waals surface area contributed by atoms with E-state index in [2.05, 4.69) is 10.3 Å². The lowest BCUT2D eigenvalue weighted by molar-refractivity contribution is 0.0696. The standard InChI is InChI=1S/C14H12ClFN2O2/c15-11-7-10(14(19)20)8-18-13(11)17-6-5-9-3-1-2-4-12(9)16/h1-4,7-8H,5-6H2,(H,17,18)(H,19,20). The normalized spacial score (nSPS) is 10.3. The molecule has 2 aromatic rings. The molecule has 0 bridgehead atoms. The maximum Gasteiger partial charge on any atom is 0.337 e. The van der Waals surface area contributed by atoms with E-state index in [-0.39, 0.29) is 16.4 Å². The van der Waals surface area contributed by atoms with E-state index in [9.17, 15) is 9.18 Å². The molecular formula is C14H12ClFN2O2. The van der Waals surface area contributed by atoms with E-state index in [0.717, 1.165) is 0 Å². The Bertz CT molecular complexity index is 634. The quantitative estimate of drug-likeness (QED) is 0.889. The maximum atomic E-state index is 13.4. The Morgan fingerprint density at radius 3 is 2.80 bits per heavy atom. The molecule has 104 valence electrons. The predicted octanol–water partition coefficient (Wildman–Crippen LogP) is 3.23. The van der Waals surface area contributed by atoms with Crippen molar-refractivity contribution in [1.82, 2.24) is 4.98 Å². The van der Waals surface area contributed by atoms with E-state index in [1.807, 2.05) is 0 Å². The molecule has 4 nitrogen and oxygen atoms in total. The lowest BCUT2D eigenvalue weighted by Crippen LogP contribution is -2.08. The Morgan fingerprint density at radius 1 is 1.40 bits per heavy atom. The van der Waals surface area contributed by atoms with Gasteiger partial charge in [0.2, 0.25) is 0 Å². The third kappa shape index (κ3) is 3.45. The predicted molar refractivity (Wildman–Crippen MR) is 74.8 cm³/mol. The minimum absolute atomic E-state index is 0.0228. The van der Waals surface area contributed by atoms with Gasteiger partial charge in [0.25, 0.3) is 0 Å². The highest BCUT2D eigenvalue weighted by Crippen LogP contribution is 2.20. The van der Waals surface area contributed by atoms with Gasteiger partial charge in [-0.05, 0) is 24.1 Å². The Labute approximate surface area is 120 Å². The van der Waals surface area contributed by atoms with Crippen LogP contribution in [0, 0.1) is 5.82 Å². The molecule has 0 aliphatic heterocycles. The van der Waals surface area contributed by atoms with Gasteiger partial charge in [-0.15, -0.1) is 0 Å². The van der Waals surface area contributed by atoms with Gasteiger partial charge in [-0.2, -0.15) is 0 Å². The number of halogens is 2. The molecule has 1 heterocycles. The van der Waals surface area contributed by atoms with E-state index in [4.69, 9.17) is 16.7 Å². The van der Waals surface area contributed by atoms with Crippen molar-refractivity contribution in [2.45, 2.75) is 6.42 Å². The van der Waals surface area contributed by atoms with Crippen molar-refractivity contribution in [1.29, 1.82) is 0 Å². The lowest BCUT2D eigenvalue weighted by atomic mass is 10.1. The minimum Gasteiger partial charge on any atom is -0.478 e. The van der Waals surface area contributed by atoms with E-state index in [1.165, 1.54) is 18.3 Å². The highest BCUT2D eigenvalue weighted by Gasteiger charge is 2.08. The average molecular weight is 295 g/mol. The number of rotatable bonds is 5. The number of pyridine rings is 1. The third-order valence-corrected chi connectivity index (χ3v) is 3.02.